The fourth-order valence-corrected chi connectivity index (χ4v) is 2.25. The highest BCUT2D eigenvalue weighted by molar-refractivity contribution is 5.58. The fraction of sp³-hybridized carbons (Fsp3) is 0.500. The summed E-state index contributed by atoms with van der Waals surface area (Å²) in [4.78, 5) is 2.24. The summed E-state index contributed by atoms with van der Waals surface area (Å²) in [5.41, 5.74) is 6.42. The second-order valence-electron chi connectivity index (χ2n) is 4.66. The van der Waals surface area contributed by atoms with Crippen LogP contribution in [0.1, 0.15) is 19.8 Å². The van der Waals surface area contributed by atoms with E-state index in [1.165, 1.54) is 0 Å². The zero-order valence-electron chi connectivity index (χ0n) is 10.7. The molecule has 0 spiro atoms. The molecule has 0 bridgehead atoms. The topological polar surface area (TPSA) is 62.3 Å². The number of nitriles is 1. The molecule has 0 unspecified atom stereocenters. The molecule has 2 rings (SSSR count). The number of benzene rings is 1. The van der Waals surface area contributed by atoms with Gasteiger partial charge in [0.15, 0.2) is 0 Å². The molecule has 4 nitrogen and oxygen atoms in total. The quantitative estimate of drug-likeness (QED) is 0.883. The van der Waals surface area contributed by atoms with E-state index in [2.05, 4.69) is 17.0 Å². The summed E-state index contributed by atoms with van der Waals surface area (Å²) >= 11 is 0. The lowest BCUT2D eigenvalue weighted by molar-refractivity contribution is 0.337. The second kappa shape index (κ2) is 5.28. The third-order valence-electron chi connectivity index (χ3n) is 3.38. The van der Waals surface area contributed by atoms with Crippen LogP contribution < -0.4 is 15.4 Å². The predicted octanol–water partition coefficient (Wildman–Crippen LogP) is 1.91. The normalized spacial score (nSPS) is 18.2. The Hall–Kier alpha value is -1.73. The molecule has 0 radical (unpaired) electrons. The number of nitrogens with zero attached hydrogens (tertiary/aromatic N) is 2. The van der Waals surface area contributed by atoms with E-state index in [0.717, 1.165) is 24.5 Å². The van der Waals surface area contributed by atoms with E-state index in [4.69, 9.17) is 15.7 Å². The van der Waals surface area contributed by atoms with E-state index in [1.54, 1.807) is 0 Å². The Kier molecular flexibility index (Phi) is 3.73. The number of anilines is 1. The SMILES string of the molecule is CCOc1ccccc1N1CCC(N)(C#N)CC1. The number of hydrogen-bond acceptors (Lipinski definition) is 4. The van der Waals surface area contributed by atoms with Gasteiger partial charge < -0.3 is 15.4 Å². The van der Waals surface area contributed by atoms with Crippen LogP contribution >= 0.6 is 0 Å². The smallest absolute Gasteiger partial charge is 0.142 e. The number of ether oxygens (including phenoxy) is 1. The molecule has 1 aromatic rings. The Morgan fingerprint density at radius 2 is 2.06 bits per heavy atom. The largest absolute Gasteiger partial charge is 0.492 e. The molecule has 0 saturated carbocycles. The maximum atomic E-state index is 9.03. The molecule has 1 saturated heterocycles. The van der Waals surface area contributed by atoms with E-state index in [1.807, 2.05) is 25.1 Å². The Balaban J connectivity index is 2.12. The first-order valence-electron chi connectivity index (χ1n) is 6.35. The molecule has 0 atom stereocenters. The third-order valence-corrected chi connectivity index (χ3v) is 3.38. The summed E-state index contributed by atoms with van der Waals surface area (Å²) in [7, 11) is 0. The number of hydrogen-bond donors (Lipinski definition) is 1. The third kappa shape index (κ3) is 2.57. The molecule has 2 N–H and O–H groups in total. The molecule has 4 heteroatoms. The second-order valence-corrected chi connectivity index (χ2v) is 4.66. The molecular formula is C14H19N3O. The molecular weight excluding hydrogens is 226 g/mol. The number of piperidine rings is 1. The van der Waals surface area contributed by atoms with Gasteiger partial charge in [-0.1, -0.05) is 12.1 Å². The van der Waals surface area contributed by atoms with Gasteiger partial charge in [-0.2, -0.15) is 5.26 Å². The Bertz CT molecular complexity index is 445. The summed E-state index contributed by atoms with van der Waals surface area (Å²) in [6.45, 7) is 4.24. The van der Waals surface area contributed by atoms with Crippen molar-refractivity contribution in [1.29, 1.82) is 5.26 Å². The fourth-order valence-electron chi connectivity index (χ4n) is 2.25. The highest BCUT2D eigenvalue weighted by atomic mass is 16.5. The van der Waals surface area contributed by atoms with Crippen molar-refractivity contribution in [3.63, 3.8) is 0 Å². The van der Waals surface area contributed by atoms with E-state index >= 15 is 0 Å². The van der Waals surface area contributed by atoms with Crippen LogP contribution in [0.3, 0.4) is 0 Å². The zero-order valence-corrected chi connectivity index (χ0v) is 10.7. The summed E-state index contributed by atoms with van der Waals surface area (Å²) in [5, 5.41) is 9.03. The van der Waals surface area contributed by atoms with Crippen molar-refractivity contribution in [2.75, 3.05) is 24.6 Å². The minimum absolute atomic E-state index is 0.656. The minimum atomic E-state index is -0.656. The first-order valence-corrected chi connectivity index (χ1v) is 6.35. The highest BCUT2D eigenvalue weighted by Crippen LogP contribution is 2.31. The van der Waals surface area contributed by atoms with Gasteiger partial charge in [-0.3, -0.25) is 0 Å². The van der Waals surface area contributed by atoms with Crippen molar-refractivity contribution in [2.24, 2.45) is 5.73 Å². The maximum Gasteiger partial charge on any atom is 0.142 e. The van der Waals surface area contributed by atoms with Crippen LogP contribution in [0.15, 0.2) is 24.3 Å². The molecule has 1 aromatic carbocycles. The average molecular weight is 245 g/mol. The average Bonchev–Trinajstić information content (AvgIpc) is 2.41. The summed E-state index contributed by atoms with van der Waals surface area (Å²) in [5.74, 6) is 0.904. The standard InChI is InChI=1S/C14H19N3O/c1-2-18-13-6-4-3-5-12(13)17-9-7-14(16,11-15)8-10-17/h3-6H,2,7-10,16H2,1H3. The van der Waals surface area contributed by atoms with Gasteiger partial charge in [-0.15, -0.1) is 0 Å². The van der Waals surface area contributed by atoms with Crippen molar-refractivity contribution < 1.29 is 4.74 Å². The van der Waals surface area contributed by atoms with Gasteiger partial charge >= 0.3 is 0 Å². The van der Waals surface area contributed by atoms with Gasteiger partial charge in [0.25, 0.3) is 0 Å². The zero-order chi connectivity index (χ0) is 13.0. The molecule has 1 fully saturated rings. The maximum absolute atomic E-state index is 9.03. The molecule has 0 amide bonds. The van der Waals surface area contributed by atoms with Crippen LogP contribution in [0.25, 0.3) is 0 Å². The molecule has 18 heavy (non-hydrogen) atoms. The van der Waals surface area contributed by atoms with Crippen LogP contribution in [0.5, 0.6) is 5.75 Å². The predicted molar refractivity (Wildman–Crippen MR) is 71.6 cm³/mol. The molecule has 96 valence electrons. The van der Waals surface area contributed by atoms with Crippen LogP contribution in [0.4, 0.5) is 5.69 Å². The highest BCUT2D eigenvalue weighted by Gasteiger charge is 2.31. The van der Waals surface area contributed by atoms with Gasteiger partial charge in [-0.05, 0) is 31.9 Å². The van der Waals surface area contributed by atoms with Crippen molar-refractivity contribution in [3.8, 4) is 11.8 Å². The monoisotopic (exact) mass is 245 g/mol. The van der Waals surface area contributed by atoms with Crippen molar-refractivity contribution in [1.82, 2.24) is 0 Å². The van der Waals surface area contributed by atoms with Gasteiger partial charge in [0.1, 0.15) is 11.3 Å². The molecule has 1 aliphatic rings. The number of rotatable bonds is 3. The van der Waals surface area contributed by atoms with Crippen LogP contribution in [-0.4, -0.2) is 25.2 Å². The lowest BCUT2D eigenvalue weighted by Crippen LogP contribution is -2.49. The molecule has 0 aliphatic carbocycles. The van der Waals surface area contributed by atoms with Crippen LogP contribution in [0.2, 0.25) is 0 Å². The first kappa shape index (κ1) is 12.7. The molecule has 1 heterocycles. The van der Waals surface area contributed by atoms with Crippen LogP contribution in [0, 0.1) is 11.3 Å². The lowest BCUT2D eigenvalue weighted by Gasteiger charge is -2.36. The lowest BCUT2D eigenvalue weighted by atomic mass is 9.90. The van der Waals surface area contributed by atoms with Crippen molar-refractivity contribution in [3.05, 3.63) is 24.3 Å². The summed E-state index contributed by atoms with van der Waals surface area (Å²) in [6, 6.07) is 10.2. The summed E-state index contributed by atoms with van der Waals surface area (Å²) < 4.78 is 5.63. The van der Waals surface area contributed by atoms with Crippen LogP contribution in [-0.2, 0) is 0 Å². The van der Waals surface area contributed by atoms with E-state index < -0.39 is 5.54 Å². The molecule has 0 aromatic heterocycles. The minimum Gasteiger partial charge on any atom is -0.492 e. The number of para-hydroxylation sites is 2. The Labute approximate surface area is 108 Å². The van der Waals surface area contributed by atoms with E-state index in [-0.39, 0.29) is 0 Å². The first-order chi connectivity index (χ1) is 8.68. The van der Waals surface area contributed by atoms with Crippen molar-refractivity contribution >= 4 is 5.69 Å². The van der Waals surface area contributed by atoms with Crippen molar-refractivity contribution in [2.45, 2.75) is 25.3 Å². The molecule has 1 aliphatic heterocycles. The van der Waals surface area contributed by atoms with E-state index in [0.29, 0.717) is 19.4 Å². The number of nitrogens with two attached hydrogens (primary N) is 1. The van der Waals surface area contributed by atoms with Gasteiger partial charge in [0.2, 0.25) is 0 Å². The van der Waals surface area contributed by atoms with Gasteiger partial charge in [0.05, 0.1) is 18.4 Å². The Morgan fingerprint density at radius 3 is 2.67 bits per heavy atom. The summed E-state index contributed by atoms with van der Waals surface area (Å²) in [6.07, 6.45) is 1.40. The van der Waals surface area contributed by atoms with Gasteiger partial charge in [0, 0.05) is 13.1 Å². The van der Waals surface area contributed by atoms with Gasteiger partial charge in [-0.25, -0.2) is 0 Å². The Morgan fingerprint density at radius 1 is 1.39 bits per heavy atom. The van der Waals surface area contributed by atoms with E-state index in [9.17, 15) is 0 Å².